The summed E-state index contributed by atoms with van der Waals surface area (Å²) >= 11 is 8.01. The van der Waals surface area contributed by atoms with Gasteiger partial charge in [0.1, 0.15) is 0 Å². The van der Waals surface area contributed by atoms with Gasteiger partial charge in [0.2, 0.25) is 0 Å². The maximum atomic E-state index is 6.28. The van der Waals surface area contributed by atoms with Crippen molar-refractivity contribution in [2.75, 3.05) is 0 Å². The van der Waals surface area contributed by atoms with Gasteiger partial charge in [0.05, 0.1) is 5.01 Å². The minimum atomic E-state index is 0.213. The molecule has 0 aliphatic carbocycles. The Morgan fingerprint density at radius 1 is 1.50 bits per heavy atom. The van der Waals surface area contributed by atoms with Gasteiger partial charge in [-0.1, -0.05) is 20.8 Å². The molecule has 1 aromatic heterocycles. The Bertz CT molecular complexity index is 251. The van der Waals surface area contributed by atoms with E-state index in [9.17, 15) is 0 Å². The number of halogens is 1. The van der Waals surface area contributed by atoms with Crippen molar-refractivity contribution in [3.63, 3.8) is 0 Å². The third kappa shape index (κ3) is 3.97. The summed E-state index contributed by atoms with van der Waals surface area (Å²) in [6.45, 7) is 6.57. The number of thiazole rings is 1. The molecule has 1 heterocycles. The van der Waals surface area contributed by atoms with Crippen LogP contribution < -0.4 is 0 Å². The first-order valence-electron chi connectivity index (χ1n) is 5.02. The quantitative estimate of drug-likeness (QED) is 0.711. The topological polar surface area (TPSA) is 12.9 Å². The molecule has 0 spiro atoms. The number of aromatic nitrogens is 1. The van der Waals surface area contributed by atoms with Gasteiger partial charge in [-0.15, -0.1) is 22.9 Å². The van der Waals surface area contributed by atoms with Crippen LogP contribution in [0.5, 0.6) is 0 Å². The standard InChI is InChI=1S/C11H18ClNS/c1-11(2,3)9(12)5-4-6-10-13-7-8-14-10/h7-9H,4-6H2,1-3H3. The van der Waals surface area contributed by atoms with Crippen molar-refractivity contribution in [3.8, 4) is 0 Å². The molecule has 0 aliphatic heterocycles. The Kier molecular flexibility index (Phi) is 4.39. The molecule has 0 saturated heterocycles. The Labute approximate surface area is 95.5 Å². The number of hydrogen-bond donors (Lipinski definition) is 0. The molecule has 14 heavy (non-hydrogen) atoms. The monoisotopic (exact) mass is 231 g/mol. The molecule has 0 amide bonds. The fourth-order valence-corrected chi connectivity index (χ4v) is 2.06. The van der Waals surface area contributed by atoms with E-state index in [0.29, 0.717) is 0 Å². The fraction of sp³-hybridized carbons (Fsp3) is 0.727. The molecule has 0 saturated carbocycles. The van der Waals surface area contributed by atoms with Crippen molar-refractivity contribution in [1.29, 1.82) is 0 Å². The van der Waals surface area contributed by atoms with Crippen molar-refractivity contribution < 1.29 is 0 Å². The van der Waals surface area contributed by atoms with E-state index in [-0.39, 0.29) is 10.8 Å². The normalized spacial score (nSPS) is 14.3. The van der Waals surface area contributed by atoms with Crippen LogP contribution >= 0.6 is 22.9 Å². The van der Waals surface area contributed by atoms with E-state index in [1.54, 1.807) is 11.3 Å². The van der Waals surface area contributed by atoms with Crippen molar-refractivity contribution in [2.45, 2.75) is 45.4 Å². The Hall–Kier alpha value is -0.0800. The Balaban J connectivity index is 2.22. The van der Waals surface area contributed by atoms with E-state index in [0.717, 1.165) is 19.3 Å². The largest absolute Gasteiger partial charge is 0.250 e. The molecule has 1 aromatic rings. The van der Waals surface area contributed by atoms with Gasteiger partial charge >= 0.3 is 0 Å². The number of hydrogen-bond acceptors (Lipinski definition) is 2. The minimum absolute atomic E-state index is 0.213. The summed E-state index contributed by atoms with van der Waals surface area (Å²) in [5, 5.41) is 3.52. The molecular weight excluding hydrogens is 214 g/mol. The van der Waals surface area contributed by atoms with Gasteiger partial charge in [-0.2, -0.15) is 0 Å². The van der Waals surface area contributed by atoms with Crippen LogP contribution in [-0.4, -0.2) is 10.4 Å². The predicted molar refractivity (Wildman–Crippen MR) is 64.1 cm³/mol. The van der Waals surface area contributed by atoms with E-state index in [1.165, 1.54) is 5.01 Å². The molecule has 0 bridgehead atoms. The lowest BCUT2D eigenvalue weighted by Gasteiger charge is -2.24. The molecule has 0 radical (unpaired) electrons. The second-order valence-corrected chi connectivity index (χ2v) is 6.16. The first-order valence-corrected chi connectivity index (χ1v) is 6.34. The van der Waals surface area contributed by atoms with Crippen molar-refractivity contribution >= 4 is 22.9 Å². The van der Waals surface area contributed by atoms with E-state index in [4.69, 9.17) is 11.6 Å². The molecule has 0 aromatic carbocycles. The second kappa shape index (κ2) is 5.13. The van der Waals surface area contributed by atoms with E-state index < -0.39 is 0 Å². The van der Waals surface area contributed by atoms with Crippen LogP contribution in [0.4, 0.5) is 0 Å². The zero-order chi connectivity index (χ0) is 10.6. The highest BCUT2D eigenvalue weighted by Crippen LogP contribution is 2.28. The average molecular weight is 232 g/mol. The summed E-state index contributed by atoms with van der Waals surface area (Å²) in [6, 6.07) is 0. The zero-order valence-electron chi connectivity index (χ0n) is 9.09. The summed E-state index contributed by atoms with van der Waals surface area (Å²) in [5.74, 6) is 0. The van der Waals surface area contributed by atoms with E-state index in [1.807, 2.05) is 11.6 Å². The highest BCUT2D eigenvalue weighted by atomic mass is 35.5. The molecule has 1 rings (SSSR count). The molecule has 0 N–H and O–H groups in total. The maximum Gasteiger partial charge on any atom is 0.0924 e. The third-order valence-electron chi connectivity index (χ3n) is 2.27. The van der Waals surface area contributed by atoms with Gasteiger partial charge in [-0.25, -0.2) is 4.98 Å². The van der Waals surface area contributed by atoms with Gasteiger partial charge in [0, 0.05) is 17.0 Å². The van der Waals surface area contributed by atoms with Crippen molar-refractivity contribution in [2.24, 2.45) is 5.41 Å². The van der Waals surface area contributed by atoms with E-state index in [2.05, 4.69) is 25.8 Å². The summed E-state index contributed by atoms with van der Waals surface area (Å²) in [5.41, 5.74) is 0.213. The Morgan fingerprint density at radius 3 is 2.71 bits per heavy atom. The van der Waals surface area contributed by atoms with Crippen LogP contribution in [-0.2, 0) is 6.42 Å². The van der Waals surface area contributed by atoms with Gasteiger partial charge in [0.15, 0.2) is 0 Å². The van der Waals surface area contributed by atoms with Gasteiger partial charge < -0.3 is 0 Å². The molecule has 1 nitrogen and oxygen atoms in total. The molecular formula is C11H18ClNS. The average Bonchev–Trinajstić information content (AvgIpc) is 2.55. The first-order chi connectivity index (χ1) is 6.50. The van der Waals surface area contributed by atoms with E-state index >= 15 is 0 Å². The van der Waals surface area contributed by atoms with Crippen LogP contribution in [0.2, 0.25) is 0 Å². The van der Waals surface area contributed by atoms with Crippen LogP contribution in [0.25, 0.3) is 0 Å². The predicted octanol–water partition coefficient (Wildman–Crippen LogP) is 4.12. The molecule has 1 atom stereocenters. The van der Waals surface area contributed by atoms with Gasteiger partial charge in [-0.3, -0.25) is 0 Å². The minimum Gasteiger partial charge on any atom is -0.250 e. The van der Waals surface area contributed by atoms with Crippen molar-refractivity contribution in [3.05, 3.63) is 16.6 Å². The van der Waals surface area contributed by atoms with Crippen LogP contribution in [0.3, 0.4) is 0 Å². The number of aryl methyl sites for hydroxylation is 1. The Morgan fingerprint density at radius 2 is 2.21 bits per heavy atom. The molecule has 1 unspecified atom stereocenters. The second-order valence-electron chi connectivity index (χ2n) is 4.65. The lowest BCUT2D eigenvalue weighted by atomic mass is 9.89. The number of nitrogens with zero attached hydrogens (tertiary/aromatic N) is 1. The van der Waals surface area contributed by atoms with Crippen LogP contribution in [0.1, 0.15) is 38.6 Å². The van der Waals surface area contributed by atoms with Crippen LogP contribution in [0, 0.1) is 5.41 Å². The summed E-state index contributed by atoms with van der Waals surface area (Å²) in [6.07, 6.45) is 5.14. The van der Waals surface area contributed by atoms with Crippen molar-refractivity contribution in [1.82, 2.24) is 4.98 Å². The summed E-state index contributed by atoms with van der Waals surface area (Å²) < 4.78 is 0. The lowest BCUT2D eigenvalue weighted by molar-refractivity contribution is 0.369. The fourth-order valence-electron chi connectivity index (χ4n) is 1.24. The van der Waals surface area contributed by atoms with Gasteiger partial charge in [0.25, 0.3) is 0 Å². The van der Waals surface area contributed by atoms with Gasteiger partial charge in [-0.05, 0) is 24.7 Å². The van der Waals surface area contributed by atoms with Crippen LogP contribution in [0.15, 0.2) is 11.6 Å². The molecule has 80 valence electrons. The lowest BCUT2D eigenvalue weighted by Crippen LogP contribution is -2.20. The molecule has 0 aliphatic rings. The summed E-state index contributed by atoms with van der Waals surface area (Å²) in [4.78, 5) is 4.25. The third-order valence-corrected chi connectivity index (χ3v) is 3.98. The number of rotatable bonds is 4. The highest BCUT2D eigenvalue weighted by molar-refractivity contribution is 7.09. The molecule has 3 heteroatoms. The molecule has 0 fully saturated rings. The zero-order valence-corrected chi connectivity index (χ0v) is 10.7. The summed E-state index contributed by atoms with van der Waals surface area (Å²) in [7, 11) is 0. The maximum absolute atomic E-state index is 6.28. The highest BCUT2D eigenvalue weighted by Gasteiger charge is 2.21. The smallest absolute Gasteiger partial charge is 0.0924 e. The SMILES string of the molecule is CC(C)(C)C(Cl)CCCc1nccs1. The number of alkyl halides is 1. The first kappa shape index (κ1) is 12.0.